The van der Waals surface area contributed by atoms with Crippen LogP contribution in [0.2, 0.25) is 0 Å². The summed E-state index contributed by atoms with van der Waals surface area (Å²) >= 11 is 0. The van der Waals surface area contributed by atoms with Crippen LogP contribution < -0.4 is 16.4 Å². The van der Waals surface area contributed by atoms with Crippen LogP contribution in [0.3, 0.4) is 0 Å². The van der Waals surface area contributed by atoms with Crippen LogP contribution in [-0.2, 0) is 68.2 Å². The molecular formula is C38H65N7O13. The highest BCUT2D eigenvalue weighted by atomic mass is 16.6. The molecule has 2 aromatic rings. The summed E-state index contributed by atoms with van der Waals surface area (Å²) in [4.78, 5) is 24.2. The Labute approximate surface area is 341 Å². The number of carbonyl (C=O) groups is 2. The smallest absolute Gasteiger partial charge is 0.220 e. The number of nitrogens with two attached hydrogens (primary N) is 1. The van der Waals surface area contributed by atoms with E-state index in [4.69, 9.17) is 57.8 Å². The van der Waals surface area contributed by atoms with Crippen molar-refractivity contribution in [1.29, 1.82) is 0 Å². The molecule has 0 spiro atoms. The minimum atomic E-state index is -0.121. The molecule has 330 valence electrons. The van der Waals surface area contributed by atoms with Gasteiger partial charge in [0.15, 0.2) is 6.33 Å². The molecule has 2 rings (SSSR count). The highest BCUT2D eigenvalue weighted by Crippen LogP contribution is 2.13. The van der Waals surface area contributed by atoms with Gasteiger partial charge in [-0.25, -0.2) is 0 Å². The second-order valence-electron chi connectivity index (χ2n) is 12.1. The van der Waals surface area contributed by atoms with E-state index in [-0.39, 0.29) is 24.7 Å². The van der Waals surface area contributed by atoms with E-state index in [1.54, 1.807) is 0 Å². The summed E-state index contributed by atoms with van der Waals surface area (Å²) in [5.41, 5.74) is 7.05. The molecule has 0 aliphatic heterocycles. The topological polar surface area (TPSA) is 237 Å². The molecule has 0 unspecified atom stereocenters. The molecule has 0 bridgehead atoms. The molecule has 0 saturated heterocycles. The number of aromatic nitrogens is 4. The lowest BCUT2D eigenvalue weighted by molar-refractivity contribution is -0.122. The van der Waals surface area contributed by atoms with Crippen molar-refractivity contribution in [2.45, 2.75) is 25.8 Å². The van der Waals surface area contributed by atoms with E-state index in [9.17, 15) is 9.59 Å². The van der Waals surface area contributed by atoms with Crippen LogP contribution in [0.5, 0.6) is 0 Å². The van der Waals surface area contributed by atoms with Crippen LogP contribution in [0, 0.1) is 0 Å². The molecule has 0 saturated carbocycles. The molecule has 58 heavy (non-hydrogen) atoms. The molecule has 0 aliphatic carbocycles. The van der Waals surface area contributed by atoms with Gasteiger partial charge in [-0.3, -0.25) is 9.59 Å². The highest BCUT2D eigenvalue weighted by molar-refractivity contribution is 5.78. The second-order valence-corrected chi connectivity index (χ2v) is 12.1. The van der Waals surface area contributed by atoms with Crippen molar-refractivity contribution in [2.24, 2.45) is 5.73 Å². The zero-order valence-corrected chi connectivity index (χ0v) is 33.9. The van der Waals surface area contributed by atoms with Crippen LogP contribution in [0.4, 0.5) is 0 Å². The fourth-order valence-electron chi connectivity index (χ4n) is 4.53. The number of carbonyl (C=O) groups excluding carboxylic acids is 2. The summed E-state index contributed by atoms with van der Waals surface area (Å²) in [5.74, 6) is 0.197. The third-order valence-corrected chi connectivity index (χ3v) is 7.47. The number of benzene rings is 1. The molecule has 20 heteroatoms. The van der Waals surface area contributed by atoms with Gasteiger partial charge in [0.1, 0.15) is 0 Å². The Kier molecular flexibility index (Phi) is 34.2. The molecule has 1 heterocycles. The summed E-state index contributed by atoms with van der Waals surface area (Å²) in [6.45, 7) is 11.9. The lowest BCUT2D eigenvalue weighted by Gasteiger charge is -2.09. The van der Waals surface area contributed by atoms with Crippen LogP contribution in [0.25, 0.3) is 11.4 Å². The summed E-state index contributed by atoms with van der Waals surface area (Å²) in [6, 6.07) is 7.45. The minimum Gasteiger partial charge on any atom is -0.378 e. The Bertz CT molecular complexity index is 1230. The van der Waals surface area contributed by atoms with Crippen molar-refractivity contribution in [2.75, 3.05) is 158 Å². The van der Waals surface area contributed by atoms with Gasteiger partial charge in [0.25, 0.3) is 0 Å². The number of ether oxygens (including phenoxy) is 11. The molecule has 2 amide bonds. The molecule has 0 fully saturated rings. The normalized spacial score (nSPS) is 11.3. The molecule has 0 aliphatic rings. The summed E-state index contributed by atoms with van der Waals surface area (Å²) in [6.07, 6.45) is 2.25. The van der Waals surface area contributed by atoms with Crippen LogP contribution >= 0.6 is 0 Å². The monoisotopic (exact) mass is 827 g/mol. The zero-order valence-electron chi connectivity index (χ0n) is 33.9. The van der Waals surface area contributed by atoms with E-state index in [0.29, 0.717) is 177 Å². The summed E-state index contributed by atoms with van der Waals surface area (Å²) in [7, 11) is 0. The standard InChI is InChI=1S/C38H65N7O13/c39-8-10-48-12-14-50-16-18-52-20-22-54-24-26-56-28-30-58-31-29-57-27-25-55-23-21-53-19-17-51-15-13-49-11-9-40-36(46)2-1-3-37(47)41-32-34-4-6-35(7-5-34)38-44-42-33-43-45-38/h4-7,33H,1-3,8-32,39H2,(H,40,46)(H,41,47). The molecule has 1 aromatic carbocycles. The van der Waals surface area contributed by atoms with E-state index in [1.807, 2.05) is 24.3 Å². The first-order valence-electron chi connectivity index (χ1n) is 19.9. The molecule has 4 N–H and O–H groups in total. The van der Waals surface area contributed by atoms with Gasteiger partial charge < -0.3 is 68.5 Å². The Balaban J connectivity index is 1.19. The fourth-order valence-corrected chi connectivity index (χ4v) is 4.53. The van der Waals surface area contributed by atoms with Gasteiger partial charge in [0, 0.05) is 38.0 Å². The number of nitrogens with zero attached hydrogens (tertiary/aromatic N) is 4. The zero-order chi connectivity index (χ0) is 41.2. The Morgan fingerprint density at radius 2 is 0.810 bits per heavy atom. The van der Waals surface area contributed by atoms with E-state index in [2.05, 4.69) is 31.0 Å². The van der Waals surface area contributed by atoms with Gasteiger partial charge in [-0.05, 0) is 12.0 Å². The Hall–Kier alpha value is -3.38. The van der Waals surface area contributed by atoms with Crippen LogP contribution in [0.15, 0.2) is 30.6 Å². The third kappa shape index (κ3) is 31.6. The predicted molar refractivity (Wildman–Crippen MR) is 210 cm³/mol. The summed E-state index contributed by atoms with van der Waals surface area (Å²) in [5, 5.41) is 20.9. The van der Waals surface area contributed by atoms with Crippen molar-refractivity contribution in [3.05, 3.63) is 36.2 Å². The minimum absolute atomic E-state index is 0.116. The van der Waals surface area contributed by atoms with Gasteiger partial charge in [0.05, 0.1) is 145 Å². The van der Waals surface area contributed by atoms with E-state index in [1.165, 1.54) is 6.33 Å². The maximum absolute atomic E-state index is 12.2. The first-order chi connectivity index (χ1) is 28.7. The Morgan fingerprint density at radius 3 is 1.19 bits per heavy atom. The number of hydrogen-bond donors (Lipinski definition) is 3. The van der Waals surface area contributed by atoms with Crippen LogP contribution in [-0.4, -0.2) is 191 Å². The first kappa shape index (κ1) is 50.8. The average molecular weight is 828 g/mol. The van der Waals surface area contributed by atoms with Gasteiger partial charge in [-0.2, -0.15) is 0 Å². The lowest BCUT2D eigenvalue weighted by atomic mass is 10.1. The SMILES string of the molecule is NCCOCCOCCOCCOCCOCCOCCOCCOCCOCCOCCOCCNC(=O)CCCC(=O)NCc1ccc(-c2nncnn2)cc1. The number of amides is 2. The predicted octanol–water partition coefficient (Wildman–Crippen LogP) is -0.0224. The van der Waals surface area contributed by atoms with Crippen molar-refractivity contribution < 1.29 is 61.7 Å². The molecule has 20 nitrogen and oxygen atoms in total. The van der Waals surface area contributed by atoms with Gasteiger partial charge in [-0.1, -0.05) is 24.3 Å². The average Bonchev–Trinajstić information content (AvgIpc) is 3.24. The highest BCUT2D eigenvalue weighted by Gasteiger charge is 2.07. The second kappa shape index (κ2) is 39.1. The van der Waals surface area contributed by atoms with Gasteiger partial charge >= 0.3 is 0 Å². The van der Waals surface area contributed by atoms with E-state index >= 15 is 0 Å². The van der Waals surface area contributed by atoms with E-state index < -0.39 is 0 Å². The van der Waals surface area contributed by atoms with Gasteiger partial charge in [0.2, 0.25) is 17.6 Å². The van der Waals surface area contributed by atoms with Gasteiger partial charge in [-0.15, -0.1) is 20.4 Å². The largest absolute Gasteiger partial charge is 0.378 e. The van der Waals surface area contributed by atoms with Crippen molar-refractivity contribution in [1.82, 2.24) is 31.0 Å². The van der Waals surface area contributed by atoms with Crippen LogP contribution in [0.1, 0.15) is 24.8 Å². The lowest BCUT2D eigenvalue weighted by Crippen LogP contribution is -2.28. The first-order valence-corrected chi connectivity index (χ1v) is 19.9. The molecule has 0 radical (unpaired) electrons. The maximum atomic E-state index is 12.2. The number of hydrogen-bond acceptors (Lipinski definition) is 18. The van der Waals surface area contributed by atoms with Crippen molar-refractivity contribution in [3.8, 4) is 11.4 Å². The molecule has 0 atom stereocenters. The van der Waals surface area contributed by atoms with Crippen molar-refractivity contribution >= 4 is 11.8 Å². The quantitative estimate of drug-likeness (QED) is 0.0746. The summed E-state index contributed by atoms with van der Waals surface area (Å²) < 4.78 is 59.8. The molecular weight excluding hydrogens is 762 g/mol. The maximum Gasteiger partial charge on any atom is 0.220 e. The van der Waals surface area contributed by atoms with Crippen molar-refractivity contribution in [3.63, 3.8) is 0 Å². The number of nitrogens with one attached hydrogen (secondary N) is 2. The fraction of sp³-hybridized carbons (Fsp3) is 0.737. The Morgan fingerprint density at radius 1 is 0.466 bits per heavy atom. The molecule has 1 aromatic heterocycles. The number of rotatable bonds is 42. The third-order valence-electron chi connectivity index (χ3n) is 7.47. The van der Waals surface area contributed by atoms with E-state index in [0.717, 1.165) is 11.1 Å².